The van der Waals surface area contributed by atoms with Gasteiger partial charge in [-0.2, -0.15) is 13.2 Å². The van der Waals surface area contributed by atoms with Gasteiger partial charge in [-0.25, -0.2) is 9.97 Å². The summed E-state index contributed by atoms with van der Waals surface area (Å²) < 4.78 is 43.3. The average molecular weight is 303 g/mol. The van der Waals surface area contributed by atoms with Gasteiger partial charge in [0, 0.05) is 13.1 Å². The van der Waals surface area contributed by atoms with E-state index in [1.54, 1.807) is 6.92 Å². The molecule has 0 spiro atoms. The van der Waals surface area contributed by atoms with Crippen molar-refractivity contribution in [3.63, 3.8) is 0 Å². The molecular formula is C13H16F3N3O2. The third-order valence-electron chi connectivity index (χ3n) is 3.31. The Balaban J connectivity index is 2.05. The van der Waals surface area contributed by atoms with E-state index in [0.717, 1.165) is 0 Å². The Bertz CT molecular complexity index is 490. The van der Waals surface area contributed by atoms with Crippen molar-refractivity contribution >= 4 is 5.91 Å². The van der Waals surface area contributed by atoms with Gasteiger partial charge in [0.25, 0.3) is 5.91 Å². The lowest BCUT2D eigenvalue weighted by Crippen LogP contribution is -2.44. The van der Waals surface area contributed by atoms with Crippen molar-refractivity contribution < 1.29 is 22.7 Å². The Labute approximate surface area is 120 Å². The molecule has 1 aliphatic rings. The second-order valence-corrected chi connectivity index (χ2v) is 4.80. The molecule has 21 heavy (non-hydrogen) atoms. The highest BCUT2D eigenvalue weighted by atomic mass is 19.4. The Morgan fingerprint density at radius 2 is 2.19 bits per heavy atom. The quantitative estimate of drug-likeness (QED) is 0.859. The first kappa shape index (κ1) is 15.5. The highest BCUT2D eigenvalue weighted by Crippen LogP contribution is 2.33. The zero-order valence-corrected chi connectivity index (χ0v) is 11.6. The molecule has 8 heteroatoms. The maximum atomic E-state index is 12.7. The van der Waals surface area contributed by atoms with Gasteiger partial charge in [-0.3, -0.25) is 4.79 Å². The van der Waals surface area contributed by atoms with Gasteiger partial charge in [-0.05, 0) is 19.8 Å². The van der Waals surface area contributed by atoms with Crippen LogP contribution in [0.2, 0.25) is 0 Å². The van der Waals surface area contributed by atoms with Crippen molar-refractivity contribution in [2.24, 2.45) is 5.92 Å². The highest BCUT2D eigenvalue weighted by molar-refractivity contribution is 5.92. The number of ether oxygens (including phenoxy) is 1. The molecule has 2 rings (SSSR count). The minimum Gasteiger partial charge on any atom is -0.477 e. The van der Waals surface area contributed by atoms with E-state index in [9.17, 15) is 18.0 Å². The van der Waals surface area contributed by atoms with Crippen LogP contribution in [0.15, 0.2) is 12.4 Å². The molecule has 1 aromatic rings. The van der Waals surface area contributed by atoms with Gasteiger partial charge in [-0.1, -0.05) is 0 Å². The molecule has 0 bridgehead atoms. The fraction of sp³-hybridized carbons (Fsp3) is 0.615. The van der Waals surface area contributed by atoms with Gasteiger partial charge >= 0.3 is 6.18 Å². The number of aromatic nitrogens is 2. The van der Waals surface area contributed by atoms with E-state index in [2.05, 4.69) is 9.97 Å². The molecule has 0 aromatic carbocycles. The van der Waals surface area contributed by atoms with E-state index >= 15 is 0 Å². The minimum absolute atomic E-state index is 0.0290. The summed E-state index contributed by atoms with van der Waals surface area (Å²) in [7, 11) is 0. The van der Waals surface area contributed by atoms with Crippen LogP contribution in [0.3, 0.4) is 0 Å². The number of hydrogen-bond acceptors (Lipinski definition) is 4. The van der Waals surface area contributed by atoms with Crippen molar-refractivity contribution in [1.82, 2.24) is 14.9 Å². The van der Waals surface area contributed by atoms with Crippen molar-refractivity contribution in [3.8, 4) is 5.88 Å². The molecule has 1 unspecified atom stereocenters. The second kappa shape index (κ2) is 6.28. The summed E-state index contributed by atoms with van der Waals surface area (Å²) in [6.07, 6.45) is -1.36. The van der Waals surface area contributed by atoms with Gasteiger partial charge in [0.2, 0.25) is 5.88 Å². The molecule has 0 N–H and O–H groups in total. The zero-order valence-electron chi connectivity index (χ0n) is 11.6. The third-order valence-corrected chi connectivity index (χ3v) is 3.31. The van der Waals surface area contributed by atoms with Crippen LogP contribution in [0.5, 0.6) is 5.88 Å². The SMILES string of the molecule is CCOc1cnc(C(=O)N2CCCC(C(F)(F)F)C2)cn1. The standard InChI is InChI=1S/C13H16F3N3O2/c1-2-21-11-7-17-10(6-18-11)12(20)19-5-3-4-9(8-19)13(14,15)16/h6-7,9H,2-5,8H2,1H3. The molecular weight excluding hydrogens is 287 g/mol. The number of hydrogen-bond donors (Lipinski definition) is 0. The maximum Gasteiger partial charge on any atom is 0.393 e. The Hall–Kier alpha value is -1.86. The van der Waals surface area contributed by atoms with Gasteiger partial charge in [-0.15, -0.1) is 0 Å². The van der Waals surface area contributed by atoms with E-state index in [0.29, 0.717) is 19.6 Å². The summed E-state index contributed by atoms with van der Waals surface area (Å²) in [5.74, 6) is -1.72. The van der Waals surface area contributed by atoms with Crippen LogP contribution in [0, 0.1) is 5.92 Å². The number of carbonyl (C=O) groups is 1. The van der Waals surface area contributed by atoms with Crippen molar-refractivity contribution in [1.29, 1.82) is 0 Å². The maximum absolute atomic E-state index is 12.7. The number of carbonyl (C=O) groups excluding carboxylic acids is 1. The zero-order chi connectivity index (χ0) is 15.5. The molecule has 0 aliphatic carbocycles. The van der Waals surface area contributed by atoms with Crippen molar-refractivity contribution in [2.75, 3.05) is 19.7 Å². The van der Waals surface area contributed by atoms with Crippen LogP contribution in [-0.4, -0.2) is 46.6 Å². The van der Waals surface area contributed by atoms with Crippen LogP contribution >= 0.6 is 0 Å². The molecule has 5 nitrogen and oxygen atoms in total. The van der Waals surface area contributed by atoms with E-state index in [-0.39, 0.29) is 24.5 Å². The summed E-state index contributed by atoms with van der Waals surface area (Å²) in [4.78, 5) is 21.1. The molecule has 116 valence electrons. The van der Waals surface area contributed by atoms with Crippen molar-refractivity contribution in [3.05, 3.63) is 18.1 Å². The van der Waals surface area contributed by atoms with Crippen LogP contribution in [-0.2, 0) is 0 Å². The number of halogens is 3. The van der Waals surface area contributed by atoms with Gasteiger partial charge in [0.1, 0.15) is 5.69 Å². The highest BCUT2D eigenvalue weighted by Gasteiger charge is 2.42. The second-order valence-electron chi connectivity index (χ2n) is 4.80. The summed E-state index contributed by atoms with van der Waals surface area (Å²) in [6, 6.07) is 0. The van der Waals surface area contributed by atoms with Crippen LogP contribution in [0.1, 0.15) is 30.3 Å². The van der Waals surface area contributed by atoms with Crippen molar-refractivity contribution in [2.45, 2.75) is 25.9 Å². The summed E-state index contributed by atoms with van der Waals surface area (Å²) in [5, 5.41) is 0. The first-order chi connectivity index (χ1) is 9.91. The topological polar surface area (TPSA) is 55.3 Å². The van der Waals surface area contributed by atoms with Crippen LogP contribution in [0.4, 0.5) is 13.2 Å². The molecule has 0 saturated carbocycles. The molecule has 2 heterocycles. The lowest BCUT2D eigenvalue weighted by molar-refractivity contribution is -0.184. The first-order valence-electron chi connectivity index (χ1n) is 6.72. The molecule has 1 saturated heterocycles. The number of likely N-dealkylation sites (tertiary alicyclic amines) is 1. The molecule has 1 fully saturated rings. The lowest BCUT2D eigenvalue weighted by atomic mass is 9.97. The van der Waals surface area contributed by atoms with Gasteiger partial charge in [0.05, 0.1) is 24.9 Å². The number of rotatable bonds is 3. The monoisotopic (exact) mass is 303 g/mol. The van der Waals surface area contributed by atoms with E-state index in [1.165, 1.54) is 17.3 Å². The molecule has 1 aromatic heterocycles. The number of amides is 1. The van der Waals surface area contributed by atoms with E-state index < -0.39 is 18.0 Å². The smallest absolute Gasteiger partial charge is 0.393 e. The fourth-order valence-corrected chi connectivity index (χ4v) is 2.24. The third kappa shape index (κ3) is 3.83. The largest absolute Gasteiger partial charge is 0.477 e. The Morgan fingerprint density at radius 3 is 2.76 bits per heavy atom. The Morgan fingerprint density at radius 1 is 1.43 bits per heavy atom. The number of piperidine rings is 1. The summed E-state index contributed by atoms with van der Waals surface area (Å²) >= 11 is 0. The Kier molecular flexibility index (Phi) is 4.64. The van der Waals surface area contributed by atoms with E-state index in [1.807, 2.05) is 0 Å². The van der Waals surface area contributed by atoms with Crippen LogP contribution in [0.25, 0.3) is 0 Å². The molecule has 1 atom stereocenters. The predicted molar refractivity (Wildman–Crippen MR) is 67.9 cm³/mol. The minimum atomic E-state index is -4.27. The molecule has 0 radical (unpaired) electrons. The predicted octanol–water partition coefficient (Wildman–Crippen LogP) is 2.29. The summed E-state index contributed by atoms with van der Waals surface area (Å²) in [6.45, 7) is 2.19. The van der Waals surface area contributed by atoms with Gasteiger partial charge < -0.3 is 9.64 Å². The first-order valence-corrected chi connectivity index (χ1v) is 6.72. The lowest BCUT2D eigenvalue weighted by Gasteiger charge is -2.33. The number of alkyl halides is 3. The number of nitrogens with zero attached hydrogens (tertiary/aromatic N) is 3. The fourth-order valence-electron chi connectivity index (χ4n) is 2.24. The normalized spacial score (nSPS) is 19.4. The summed E-state index contributed by atoms with van der Waals surface area (Å²) in [5.41, 5.74) is 0.0290. The molecule has 1 aliphatic heterocycles. The van der Waals surface area contributed by atoms with E-state index in [4.69, 9.17) is 4.74 Å². The van der Waals surface area contributed by atoms with Gasteiger partial charge in [0.15, 0.2) is 0 Å². The average Bonchev–Trinajstić information content (AvgIpc) is 2.47. The molecule has 1 amide bonds. The van der Waals surface area contributed by atoms with Crippen LogP contribution < -0.4 is 4.74 Å².